The van der Waals surface area contributed by atoms with Crippen LogP contribution in [0.4, 0.5) is 0 Å². The van der Waals surface area contributed by atoms with Gasteiger partial charge in [-0.2, -0.15) is 0 Å². The molecular weight excluding hydrogens is 234 g/mol. The third-order valence-electron chi connectivity index (χ3n) is 4.14. The predicted molar refractivity (Wildman–Crippen MR) is 85.3 cm³/mol. The van der Waals surface area contributed by atoms with E-state index in [0.717, 1.165) is 6.54 Å². The van der Waals surface area contributed by atoms with Gasteiger partial charge in [-0.1, -0.05) is 56.0 Å². The minimum atomic E-state index is -1.15. The maximum Gasteiger partial charge on any atom is 0.0775 e. The quantitative estimate of drug-likeness (QED) is 0.729. The molecule has 0 heterocycles. The molecule has 0 unspecified atom stereocenters. The summed E-state index contributed by atoms with van der Waals surface area (Å²) in [5.74, 6) is 0. The maximum atomic E-state index is 2.44. The molecule has 0 amide bonds. The van der Waals surface area contributed by atoms with Crippen molar-refractivity contribution in [2.24, 2.45) is 0 Å². The Morgan fingerprint density at radius 1 is 1.06 bits per heavy atom. The number of nitrogens with zero attached hydrogens (tertiary/aromatic N) is 1. The van der Waals surface area contributed by atoms with Gasteiger partial charge in [0.1, 0.15) is 0 Å². The largest absolute Gasteiger partial charge is 0.297 e. The van der Waals surface area contributed by atoms with Gasteiger partial charge < -0.3 is 0 Å². The second-order valence-electron chi connectivity index (χ2n) is 6.97. The molecule has 2 heteroatoms. The average Bonchev–Trinajstić information content (AvgIpc) is 2.28. The predicted octanol–water partition coefficient (Wildman–Crippen LogP) is 3.85. The van der Waals surface area contributed by atoms with E-state index >= 15 is 0 Å². The molecule has 0 N–H and O–H groups in total. The molecule has 0 fully saturated rings. The van der Waals surface area contributed by atoms with Crippen LogP contribution in [0.2, 0.25) is 19.6 Å². The van der Waals surface area contributed by atoms with Crippen LogP contribution in [-0.4, -0.2) is 25.6 Å². The van der Waals surface area contributed by atoms with Crippen LogP contribution in [0.3, 0.4) is 0 Å². The summed E-state index contributed by atoms with van der Waals surface area (Å²) in [4.78, 5) is 2.44. The summed E-state index contributed by atoms with van der Waals surface area (Å²) in [6.07, 6.45) is 1.18. The Hall–Kier alpha value is -0.603. The number of benzene rings is 1. The van der Waals surface area contributed by atoms with Gasteiger partial charge in [0, 0.05) is 12.1 Å². The van der Waals surface area contributed by atoms with Crippen LogP contribution in [0.15, 0.2) is 24.3 Å². The molecule has 0 saturated carbocycles. The van der Waals surface area contributed by atoms with Gasteiger partial charge in [-0.25, -0.2) is 0 Å². The first kappa shape index (κ1) is 15.5. The molecule has 0 aromatic heterocycles. The fourth-order valence-electron chi connectivity index (χ4n) is 1.87. The van der Waals surface area contributed by atoms with E-state index in [9.17, 15) is 0 Å². The van der Waals surface area contributed by atoms with Crippen molar-refractivity contribution in [1.29, 1.82) is 0 Å². The van der Waals surface area contributed by atoms with Gasteiger partial charge in [0.2, 0.25) is 0 Å². The first-order valence-corrected chi connectivity index (χ1v) is 10.5. The molecule has 0 bridgehead atoms. The second kappa shape index (κ2) is 5.58. The highest BCUT2D eigenvalue weighted by molar-refractivity contribution is 6.88. The van der Waals surface area contributed by atoms with Crippen LogP contribution in [0.1, 0.15) is 32.8 Å². The Morgan fingerprint density at radius 3 is 1.94 bits per heavy atom. The fourth-order valence-corrected chi connectivity index (χ4v) is 3.03. The van der Waals surface area contributed by atoms with Crippen LogP contribution in [0, 0.1) is 0 Å². The number of hydrogen-bond donors (Lipinski definition) is 0. The zero-order valence-corrected chi connectivity index (χ0v) is 14.2. The Bertz CT molecular complexity index is 373. The second-order valence-corrected chi connectivity index (χ2v) is 12.0. The van der Waals surface area contributed by atoms with E-state index in [4.69, 9.17) is 0 Å². The van der Waals surface area contributed by atoms with Gasteiger partial charge in [-0.05, 0) is 32.9 Å². The van der Waals surface area contributed by atoms with E-state index in [0.29, 0.717) is 0 Å². The van der Waals surface area contributed by atoms with Crippen molar-refractivity contribution in [2.75, 3.05) is 7.05 Å². The highest BCUT2D eigenvalue weighted by Crippen LogP contribution is 2.19. The average molecular weight is 264 g/mol. The summed E-state index contributed by atoms with van der Waals surface area (Å²) in [6, 6.07) is 9.26. The highest BCUT2D eigenvalue weighted by Gasteiger charge is 2.21. The molecule has 18 heavy (non-hydrogen) atoms. The summed E-state index contributed by atoms with van der Waals surface area (Å²) in [7, 11) is 1.06. The molecule has 0 spiro atoms. The third-order valence-corrected chi connectivity index (χ3v) is 6.20. The Balaban J connectivity index is 2.76. The van der Waals surface area contributed by atoms with E-state index in [1.54, 1.807) is 5.19 Å². The highest BCUT2D eigenvalue weighted by atomic mass is 28.3. The van der Waals surface area contributed by atoms with Gasteiger partial charge in [-0.15, -0.1) is 0 Å². The summed E-state index contributed by atoms with van der Waals surface area (Å²) >= 11 is 0. The van der Waals surface area contributed by atoms with Crippen molar-refractivity contribution in [3.8, 4) is 0 Å². The molecule has 0 aliphatic heterocycles. The summed E-state index contributed by atoms with van der Waals surface area (Å²) in [5.41, 5.74) is 1.69. The van der Waals surface area contributed by atoms with E-state index in [1.807, 2.05) is 0 Å². The van der Waals surface area contributed by atoms with Gasteiger partial charge >= 0.3 is 0 Å². The van der Waals surface area contributed by atoms with Crippen LogP contribution < -0.4 is 5.19 Å². The molecule has 0 aliphatic carbocycles. The summed E-state index contributed by atoms with van der Waals surface area (Å²) in [5, 5.41) is 1.55. The van der Waals surface area contributed by atoms with E-state index < -0.39 is 8.07 Å². The van der Waals surface area contributed by atoms with Crippen LogP contribution in [0.25, 0.3) is 0 Å². The monoisotopic (exact) mass is 263 g/mol. The van der Waals surface area contributed by atoms with E-state index in [1.165, 1.54) is 12.0 Å². The molecular formula is C16H29NSi. The van der Waals surface area contributed by atoms with Gasteiger partial charge in [0.05, 0.1) is 8.07 Å². The lowest BCUT2D eigenvalue weighted by atomic mass is 9.99. The lowest BCUT2D eigenvalue weighted by molar-refractivity contribution is 0.143. The summed E-state index contributed by atoms with van der Waals surface area (Å²) < 4.78 is 0. The fraction of sp³-hybridized carbons (Fsp3) is 0.625. The van der Waals surface area contributed by atoms with Gasteiger partial charge in [0.15, 0.2) is 0 Å². The third kappa shape index (κ3) is 3.96. The van der Waals surface area contributed by atoms with E-state index in [-0.39, 0.29) is 5.54 Å². The van der Waals surface area contributed by atoms with Crippen molar-refractivity contribution in [3.05, 3.63) is 29.8 Å². The lowest BCUT2D eigenvalue weighted by Gasteiger charge is -2.35. The first-order chi connectivity index (χ1) is 8.16. The smallest absolute Gasteiger partial charge is 0.0775 e. The summed E-state index contributed by atoms with van der Waals surface area (Å²) in [6.45, 7) is 15.1. The van der Waals surface area contributed by atoms with Crippen molar-refractivity contribution >= 4 is 13.3 Å². The van der Waals surface area contributed by atoms with Crippen LogP contribution in [0.5, 0.6) is 0 Å². The molecule has 1 aromatic carbocycles. The maximum absolute atomic E-state index is 2.44. The van der Waals surface area contributed by atoms with Gasteiger partial charge in [0.25, 0.3) is 0 Å². The molecule has 0 radical (unpaired) electrons. The Morgan fingerprint density at radius 2 is 1.56 bits per heavy atom. The van der Waals surface area contributed by atoms with Crippen molar-refractivity contribution in [2.45, 2.75) is 58.9 Å². The first-order valence-electron chi connectivity index (χ1n) is 6.97. The lowest BCUT2D eigenvalue weighted by Crippen LogP contribution is -2.40. The molecule has 0 atom stereocenters. The minimum absolute atomic E-state index is 0.275. The van der Waals surface area contributed by atoms with Crippen molar-refractivity contribution in [3.63, 3.8) is 0 Å². The SMILES string of the molecule is CCC(C)(C)N(C)Cc1ccc([Si](C)(C)C)cc1. The zero-order chi connectivity index (χ0) is 14.0. The van der Waals surface area contributed by atoms with Crippen molar-refractivity contribution in [1.82, 2.24) is 4.90 Å². The molecule has 0 aliphatic rings. The molecule has 102 valence electrons. The van der Waals surface area contributed by atoms with Crippen LogP contribution >= 0.6 is 0 Å². The number of hydrogen-bond acceptors (Lipinski definition) is 1. The zero-order valence-electron chi connectivity index (χ0n) is 13.2. The van der Waals surface area contributed by atoms with E-state index in [2.05, 4.69) is 76.6 Å². The Kier molecular flexibility index (Phi) is 4.79. The molecule has 1 rings (SSSR count). The molecule has 1 aromatic rings. The Labute approximate surface area is 114 Å². The standard InChI is InChI=1S/C16H29NSi/c1-8-16(2,3)17(4)13-14-9-11-15(12-10-14)18(5,6)7/h9-12H,8,13H2,1-7H3. The number of rotatable bonds is 5. The minimum Gasteiger partial charge on any atom is -0.297 e. The van der Waals surface area contributed by atoms with Crippen LogP contribution in [-0.2, 0) is 6.54 Å². The normalized spacial score (nSPS) is 13.1. The van der Waals surface area contributed by atoms with Gasteiger partial charge in [-0.3, -0.25) is 4.90 Å². The topological polar surface area (TPSA) is 3.24 Å². The molecule has 0 saturated heterocycles. The molecule has 1 nitrogen and oxygen atoms in total. The van der Waals surface area contributed by atoms with Crippen molar-refractivity contribution < 1.29 is 0 Å².